The van der Waals surface area contributed by atoms with Crippen molar-refractivity contribution in [1.82, 2.24) is 9.47 Å². The zero-order valence-electron chi connectivity index (χ0n) is 18.6. The number of amides is 3. The molecule has 3 amide bonds. The number of hydrogen-bond acceptors (Lipinski definition) is 3. The van der Waals surface area contributed by atoms with Crippen molar-refractivity contribution in [2.45, 2.75) is 51.0 Å². The Labute approximate surface area is 184 Å². The van der Waals surface area contributed by atoms with Crippen LogP contribution in [0, 0.1) is 0 Å². The van der Waals surface area contributed by atoms with Gasteiger partial charge in [-0.3, -0.25) is 19.3 Å². The monoisotopic (exact) mass is 432 g/mol. The second kappa shape index (κ2) is 7.30. The molecule has 2 aliphatic heterocycles. The van der Waals surface area contributed by atoms with Crippen LogP contribution in [0.5, 0.6) is 0 Å². The highest BCUT2D eigenvalue weighted by molar-refractivity contribution is 6.80. The quantitative estimate of drug-likeness (QED) is 0.404. The lowest BCUT2D eigenvalue weighted by Gasteiger charge is -2.58. The third kappa shape index (κ3) is 3.26. The Morgan fingerprint density at radius 1 is 0.839 bits per heavy atom. The minimum atomic E-state index is -2.22. The average molecular weight is 433 g/mol. The molecular formula is C25H28N2O3Si. The topological polar surface area (TPSA) is 57.7 Å². The van der Waals surface area contributed by atoms with E-state index in [4.69, 9.17) is 0 Å². The summed E-state index contributed by atoms with van der Waals surface area (Å²) in [6, 6.07) is 15.5. The molecule has 2 aromatic rings. The third-order valence-electron chi connectivity index (χ3n) is 6.94. The SMILES string of the molecule is CC(C)(C)[Si](C)(C)N1C(=O)[C@H](N2C(=O)c3ccccc3C2=O)[C@@H]1C=Cc1ccccc1. The summed E-state index contributed by atoms with van der Waals surface area (Å²) in [4.78, 5) is 40.8. The molecule has 0 N–H and O–H groups in total. The van der Waals surface area contributed by atoms with Crippen molar-refractivity contribution in [3.8, 4) is 0 Å². The first kappa shape index (κ1) is 21.2. The van der Waals surface area contributed by atoms with Gasteiger partial charge < -0.3 is 4.57 Å². The molecule has 1 fully saturated rings. The van der Waals surface area contributed by atoms with Gasteiger partial charge in [0.1, 0.15) is 6.04 Å². The average Bonchev–Trinajstić information content (AvgIpc) is 2.96. The molecule has 0 aliphatic carbocycles. The fraction of sp³-hybridized carbons (Fsp3) is 0.320. The summed E-state index contributed by atoms with van der Waals surface area (Å²) in [7, 11) is -2.22. The van der Waals surface area contributed by atoms with Gasteiger partial charge in [0, 0.05) is 0 Å². The number of carbonyl (C=O) groups is 3. The fourth-order valence-electron chi connectivity index (χ4n) is 4.19. The highest BCUT2D eigenvalue weighted by Crippen LogP contribution is 2.45. The minimum absolute atomic E-state index is 0.0611. The summed E-state index contributed by atoms with van der Waals surface area (Å²) in [5.41, 5.74) is 1.76. The highest BCUT2D eigenvalue weighted by atomic mass is 28.3. The third-order valence-corrected chi connectivity index (χ3v) is 12.3. The Hall–Kier alpha value is -2.99. The summed E-state index contributed by atoms with van der Waals surface area (Å²) in [6.07, 6.45) is 3.95. The van der Waals surface area contributed by atoms with Gasteiger partial charge in [-0.05, 0) is 22.7 Å². The predicted molar refractivity (Wildman–Crippen MR) is 124 cm³/mol. The van der Waals surface area contributed by atoms with E-state index in [9.17, 15) is 14.4 Å². The van der Waals surface area contributed by atoms with E-state index in [1.165, 1.54) is 4.90 Å². The number of nitrogens with zero attached hydrogens (tertiary/aromatic N) is 2. The highest BCUT2D eigenvalue weighted by Gasteiger charge is 2.61. The lowest BCUT2D eigenvalue weighted by Crippen LogP contribution is -2.78. The first-order valence-corrected chi connectivity index (χ1v) is 13.5. The minimum Gasteiger partial charge on any atom is -0.359 e. The van der Waals surface area contributed by atoms with Crippen LogP contribution < -0.4 is 0 Å². The second-order valence-electron chi connectivity index (χ2n) is 9.75. The summed E-state index contributed by atoms with van der Waals surface area (Å²) in [6.45, 7) is 10.8. The first-order chi connectivity index (χ1) is 14.6. The fourth-order valence-corrected chi connectivity index (χ4v) is 6.57. The molecule has 160 valence electrons. The normalized spacial score (nSPS) is 21.6. The van der Waals surface area contributed by atoms with E-state index >= 15 is 0 Å². The largest absolute Gasteiger partial charge is 0.359 e. The van der Waals surface area contributed by atoms with E-state index in [2.05, 4.69) is 33.9 Å². The molecule has 0 spiro atoms. The van der Waals surface area contributed by atoms with E-state index < -0.39 is 14.3 Å². The van der Waals surface area contributed by atoms with E-state index in [1.54, 1.807) is 24.3 Å². The van der Waals surface area contributed by atoms with Gasteiger partial charge in [-0.25, -0.2) is 0 Å². The van der Waals surface area contributed by atoms with Crippen LogP contribution in [0.2, 0.25) is 18.1 Å². The van der Waals surface area contributed by atoms with Crippen LogP contribution in [0.3, 0.4) is 0 Å². The van der Waals surface area contributed by atoms with Crippen molar-refractivity contribution in [3.05, 3.63) is 77.4 Å². The molecule has 2 aliphatic rings. The zero-order chi connectivity index (χ0) is 22.6. The molecule has 0 aromatic heterocycles. The van der Waals surface area contributed by atoms with Gasteiger partial charge >= 0.3 is 0 Å². The van der Waals surface area contributed by atoms with Crippen LogP contribution in [0.25, 0.3) is 6.08 Å². The number of β-lactam (4-membered cyclic amide) rings is 1. The Morgan fingerprint density at radius 2 is 1.35 bits per heavy atom. The van der Waals surface area contributed by atoms with Crippen molar-refractivity contribution in [2.75, 3.05) is 0 Å². The smallest absolute Gasteiger partial charge is 0.262 e. The summed E-state index contributed by atoms with van der Waals surface area (Å²) in [5.74, 6) is -0.900. The van der Waals surface area contributed by atoms with Crippen LogP contribution in [0.4, 0.5) is 0 Å². The molecule has 0 bridgehead atoms. The van der Waals surface area contributed by atoms with Crippen molar-refractivity contribution < 1.29 is 14.4 Å². The number of carbonyl (C=O) groups excluding carboxylic acids is 3. The van der Waals surface area contributed by atoms with Crippen LogP contribution >= 0.6 is 0 Å². The number of benzene rings is 2. The van der Waals surface area contributed by atoms with Crippen LogP contribution in [-0.2, 0) is 4.79 Å². The maximum absolute atomic E-state index is 13.5. The van der Waals surface area contributed by atoms with Crippen molar-refractivity contribution in [1.29, 1.82) is 0 Å². The Balaban J connectivity index is 1.74. The molecule has 6 heteroatoms. The maximum Gasteiger partial charge on any atom is 0.262 e. The van der Waals surface area contributed by atoms with Crippen molar-refractivity contribution in [3.63, 3.8) is 0 Å². The summed E-state index contributed by atoms with van der Waals surface area (Å²) >= 11 is 0. The second-order valence-corrected chi connectivity index (χ2v) is 14.8. The molecule has 1 saturated heterocycles. The number of imide groups is 1. The first-order valence-electron chi connectivity index (χ1n) is 10.6. The van der Waals surface area contributed by atoms with Gasteiger partial charge in [0.2, 0.25) is 5.91 Å². The van der Waals surface area contributed by atoms with Gasteiger partial charge in [-0.15, -0.1) is 0 Å². The van der Waals surface area contributed by atoms with Gasteiger partial charge in [0.15, 0.2) is 8.24 Å². The van der Waals surface area contributed by atoms with E-state index in [1.807, 2.05) is 47.0 Å². The van der Waals surface area contributed by atoms with Gasteiger partial charge in [0.05, 0.1) is 17.2 Å². The van der Waals surface area contributed by atoms with Crippen LogP contribution in [-0.4, -0.2) is 47.5 Å². The number of fused-ring (bicyclic) bond motifs is 1. The Morgan fingerprint density at radius 3 is 1.87 bits per heavy atom. The molecule has 2 aromatic carbocycles. The van der Waals surface area contributed by atoms with Gasteiger partial charge in [-0.2, -0.15) is 0 Å². The predicted octanol–water partition coefficient (Wildman–Crippen LogP) is 4.58. The molecule has 2 atom stereocenters. The van der Waals surface area contributed by atoms with Crippen LogP contribution in [0.15, 0.2) is 60.7 Å². The molecule has 0 unspecified atom stereocenters. The maximum atomic E-state index is 13.5. The summed E-state index contributed by atoms with van der Waals surface area (Å²) in [5, 5.41) is -0.0611. The molecule has 2 heterocycles. The number of rotatable bonds is 4. The standard InChI is InChI=1S/C25H28N2O3Si/c1-25(2,3)31(4,5)27-20(16-15-17-11-7-6-8-12-17)21(24(27)30)26-22(28)18-13-9-10-14-19(18)23(26)29/h6-16,20-21H,1-5H3/t20-,21+/m0/s1. The lowest BCUT2D eigenvalue weighted by molar-refractivity contribution is -0.145. The lowest BCUT2D eigenvalue weighted by atomic mass is 9.95. The van der Waals surface area contributed by atoms with E-state index in [0.717, 1.165) is 5.56 Å². The van der Waals surface area contributed by atoms with E-state index in [-0.39, 0.29) is 28.8 Å². The molecule has 0 radical (unpaired) electrons. The molecular weight excluding hydrogens is 404 g/mol. The van der Waals surface area contributed by atoms with Gasteiger partial charge in [-0.1, -0.05) is 88.5 Å². The Bertz CT molecular complexity index is 1050. The Kier molecular flexibility index (Phi) is 5.01. The zero-order valence-corrected chi connectivity index (χ0v) is 19.6. The molecule has 31 heavy (non-hydrogen) atoms. The van der Waals surface area contributed by atoms with Crippen LogP contribution in [0.1, 0.15) is 47.1 Å². The van der Waals surface area contributed by atoms with Crippen molar-refractivity contribution in [2.24, 2.45) is 0 Å². The number of hydrogen-bond donors (Lipinski definition) is 0. The summed E-state index contributed by atoms with van der Waals surface area (Å²) < 4.78 is 1.96. The molecule has 4 rings (SSSR count). The van der Waals surface area contributed by atoms with Crippen molar-refractivity contribution >= 4 is 32.0 Å². The van der Waals surface area contributed by atoms with Gasteiger partial charge in [0.25, 0.3) is 11.8 Å². The molecule has 0 saturated carbocycles. The van der Waals surface area contributed by atoms with E-state index in [0.29, 0.717) is 11.1 Å². The molecule has 5 nitrogen and oxygen atoms in total.